The van der Waals surface area contributed by atoms with Crippen LogP contribution in [-0.2, 0) is 18.9 Å². The number of hydrogen-bond donors (Lipinski definition) is 2. The zero-order valence-electron chi connectivity index (χ0n) is 21.6. The van der Waals surface area contributed by atoms with Crippen LogP contribution in [-0.4, -0.2) is 64.7 Å². The van der Waals surface area contributed by atoms with Gasteiger partial charge in [-0.15, -0.1) is 0 Å². The van der Waals surface area contributed by atoms with Gasteiger partial charge in [-0.05, 0) is 61.4 Å². The number of anilines is 2. The Balaban J connectivity index is 1.46. The molecular weight excluding hydrogens is 460 g/mol. The number of esters is 2. The summed E-state index contributed by atoms with van der Waals surface area (Å²) in [6.45, 7) is 7.73. The lowest BCUT2D eigenvalue weighted by atomic mass is 10.2. The van der Waals surface area contributed by atoms with E-state index < -0.39 is 0 Å². The molecule has 0 spiro atoms. The SMILES string of the molecule is CCCCNc1ccc(C(=O)OCCOCCOCCOC(=O)c2ccc(NCCCC)cc2)cc1. The van der Waals surface area contributed by atoms with Crippen LogP contribution >= 0.6 is 0 Å². The highest BCUT2D eigenvalue weighted by molar-refractivity contribution is 5.90. The molecule has 0 aliphatic rings. The van der Waals surface area contributed by atoms with Gasteiger partial charge in [0, 0.05) is 24.5 Å². The Hall–Kier alpha value is -3.10. The molecule has 2 aromatic carbocycles. The smallest absolute Gasteiger partial charge is 0.338 e. The van der Waals surface area contributed by atoms with E-state index in [1.54, 1.807) is 24.3 Å². The minimum Gasteiger partial charge on any atom is -0.460 e. The van der Waals surface area contributed by atoms with Crippen molar-refractivity contribution in [3.63, 3.8) is 0 Å². The van der Waals surface area contributed by atoms with Gasteiger partial charge in [-0.25, -0.2) is 9.59 Å². The van der Waals surface area contributed by atoms with Crippen LogP contribution in [0.1, 0.15) is 60.2 Å². The zero-order valence-corrected chi connectivity index (χ0v) is 21.6. The molecule has 0 atom stereocenters. The Morgan fingerprint density at radius 3 is 1.31 bits per heavy atom. The minimum atomic E-state index is -0.376. The van der Waals surface area contributed by atoms with E-state index in [-0.39, 0.29) is 38.4 Å². The summed E-state index contributed by atoms with van der Waals surface area (Å²) in [5.41, 5.74) is 2.99. The highest BCUT2D eigenvalue weighted by Crippen LogP contribution is 2.12. The topological polar surface area (TPSA) is 95.1 Å². The molecule has 0 heterocycles. The van der Waals surface area contributed by atoms with E-state index in [4.69, 9.17) is 18.9 Å². The van der Waals surface area contributed by atoms with E-state index in [0.717, 1.165) is 50.1 Å². The lowest BCUT2D eigenvalue weighted by Crippen LogP contribution is -2.15. The van der Waals surface area contributed by atoms with Gasteiger partial charge in [0.1, 0.15) is 13.2 Å². The Morgan fingerprint density at radius 2 is 0.944 bits per heavy atom. The molecular formula is C28H40N2O6. The molecule has 8 nitrogen and oxygen atoms in total. The molecule has 198 valence electrons. The molecule has 0 saturated carbocycles. The van der Waals surface area contributed by atoms with Crippen molar-refractivity contribution in [2.75, 3.05) is 63.4 Å². The molecule has 0 aliphatic carbocycles. The summed E-state index contributed by atoms with van der Waals surface area (Å²) in [5.74, 6) is -0.752. The molecule has 0 bridgehead atoms. The molecule has 0 unspecified atom stereocenters. The first-order valence-corrected chi connectivity index (χ1v) is 12.8. The molecule has 36 heavy (non-hydrogen) atoms. The molecule has 0 saturated heterocycles. The Bertz CT molecular complexity index is 797. The van der Waals surface area contributed by atoms with Crippen LogP contribution < -0.4 is 10.6 Å². The molecule has 2 aromatic rings. The van der Waals surface area contributed by atoms with Crippen molar-refractivity contribution in [2.45, 2.75) is 39.5 Å². The predicted molar refractivity (Wildman–Crippen MR) is 142 cm³/mol. The minimum absolute atomic E-state index is 0.167. The zero-order chi connectivity index (χ0) is 25.8. The first-order valence-electron chi connectivity index (χ1n) is 12.8. The monoisotopic (exact) mass is 500 g/mol. The number of hydrogen-bond acceptors (Lipinski definition) is 8. The number of rotatable bonds is 19. The molecule has 8 heteroatoms. The van der Waals surface area contributed by atoms with E-state index in [0.29, 0.717) is 24.3 Å². The van der Waals surface area contributed by atoms with Gasteiger partial charge >= 0.3 is 11.9 Å². The molecule has 2 N–H and O–H groups in total. The molecule has 0 radical (unpaired) electrons. The highest BCUT2D eigenvalue weighted by Gasteiger charge is 2.08. The van der Waals surface area contributed by atoms with Crippen LogP contribution in [0.2, 0.25) is 0 Å². The largest absolute Gasteiger partial charge is 0.460 e. The normalized spacial score (nSPS) is 10.6. The second-order valence-electron chi connectivity index (χ2n) is 8.21. The van der Waals surface area contributed by atoms with E-state index in [9.17, 15) is 9.59 Å². The quantitative estimate of drug-likeness (QED) is 0.202. The maximum absolute atomic E-state index is 12.1. The van der Waals surface area contributed by atoms with Gasteiger partial charge in [-0.2, -0.15) is 0 Å². The van der Waals surface area contributed by atoms with Gasteiger partial charge in [0.05, 0.1) is 37.6 Å². The third kappa shape index (κ3) is 12.0. The summed E-state index contributed by atoms with van der Waals surface area (Å²) >= 11 is 0. The Kier molecular flexibility index (Phi) is 14.7. The summed E-state index contributed by atoms with van der Waals surface area (Å²) < 4.78 is 21.3. The third-order valence-corrected chi connectivity index (χ3v) is 5.25. The van der Waals surface area contributed by atoms with Gasteiger partial charge in [-0.1, -0.05) is 26.7 Å². The van der Waals surface area contributed by atoms with Gasteiger partial charge in [0.25, 0.3) is 0 Å². The lowest BCUT2D eigenvalue weighted by molar-refractivity contribution is 0.00230. The standard InChI is InChI=1S/C28H40N2O6/c1-3-5-15-29-25-11-7-23(8-12-25)27(31)35-21-19-33-17-18-34-20-22-36-28(32)24-9-13-26(14-10-24)30-16-6-4-2/h7-14,29-30H,3-6,15-22H2,1-2H3. The van der Waals surface area contributed by atoms with Crippen molar-refractivity contribution in [3.8, 4) is 0 Å². The van der Waals surface area contributed by atoms with Crippen molar-refractivity contribution in [1.82, 2.24) is 0 Å². The first kappa shape index (κ1) is 29.1. The van der Waals surface area contributed by atoms with Crippen molar-refractivity contribution < 1.29 is 28.5 Å². The summed E-state index contributed by atoms with van der Waals surface area (Å²) in [6.07, 6.45) is 4.48. The predicted octanol–water partition coefficient (Wildman–Crippen LogP) is 5.16. The van der Waals surface area contributed by atoms with Crippen LogP contribution in [0.4, 0.5) is 11.4 Å². The van der Waals surface area contributed by atoms with Crippen molar-refractivity contribution in [3.05, 3.63) is 59.7 Å². The first-order chi connectivity index (χ1) is 17.6. The second-order valence-corrected chi connectivity index (χ2v) is 8.21. The lowest BCUT2D eigenvalue weighted by Gasteiger charge is -2.09. The second kappa shape index (κ2) is 18.2. The van der Waals surface area contributed by atoms with E-state index in [2.05, 4.69) is 24.5 Å². The molecule has 2 rings (SSSR count). The average Bonchev–Trinajstić information content (AvgIpc) is 2.90. The fourth-order valence-corrected chi connectivity index (χ4v) is 3.14. The maximum atomic E-state index is 12.1. The van der Waals surface area contributed by atoms with Gasteiger partial charge < -0.3 is 29.6 Å². The average molecular weight is 501 g/mol. The number of ether oxygens (including phenoxy) is 4. The Labute approximate surface area is 214 Å². The molecule has 0 aromatic heterocycles. The number of carbonyl (C=O) groups is 2. The van der Waals surface area contributed by atoms with Crippen LogP contribution in [0.15, 0.2) is 48.5 Å². The van der Waals surface area contributed by atoms with Crippen LogP contribution in [0, 0.1) is 0 Å². The van der Waals surface area contributed by atoms with E-state index >= 15 is 0 Å². The molecule has 0 amide bonds. The van der Waals surface area contributed by atoms with Crippen molar-refractivity contribution in [2.24, 2.45) is 0 Å². The number of benzene rings is 2. The fraction of sp³-hybridized carbons (Fsp3) is 0.500. The van der Waals surface area contributed by atoms with Crippen molar-refractivity contribution in [1.29, 1.82) is 0 Å². The van der Waals surface area contributed by atoms with E-state index in [1.807, 2.05) is 24.3 Å². The van der Waals surface area contributed by atoms with Gasteiger partial charge in [0.2, 0.25) is 0 Å². The number of carbonyl (C=O) groups excluding carboxylic acids is 2. The van der Waals surface area contributed by atoms with Gasteiger partial charge in [-0.3, -0.25) is 0 Å². The van der Waals surface area contributed by atoms with Crippen LogP contribution in [0.3, 0.4) is 0 Å². The fourth-order valence-electron chi connectivity index (χ4n) is 3.14. The Morgan fingerprint density at radius 1 is 0.583 bits per heavy atom. The molecule has 0 fully saturated rings. The van der Waals surface area contributed by atoms with Gasteiger partial charge in [0.15, 0.2) is 0 Å². The summed E-state index contributed by atoms with van der Waals surface area (Å²) in [4.78, 5) is 24.2. The van der Waals surface area contributed by atoms with Crippen molar-refractivity contribution >= 4 is 23.3 Å². The molecule has 0 aliphatic heterocycles. The van der Waals surface area contributed by atoms with Crippen LogP contribution in [0.5, 0.6) is 0 Å². The summed E-state index contributed by atoms with van der Waals surface area (Å²) in [6, 6.07) is 14.5. The summed E-state index contributed by atoms with van der Waals surface area (Å²) in [7, 11) is 0. The maximum Gasteiger partial charge on any atom is 0.338 e. The number of unbranched alkanes of at least 4 members (excludes halogenated alkanes) is 2. The summed E-state index contributed by atoms with van der Waals surface area (Å²) in [5, 5.41) is 6.61. The van der Waals surface area contributed by atoms with E-state index in [1.165, 1.54) is 0 Å². The number of nitrogens with one attached hydrogen (secondary N) is 2. The van der Waals surface area contributed by atoms with Crippen LogP contribution in [0.25, 0.3) is 0 Å². The highest BCUT2D eigenvalue weighted by atomic mass is 16.6. The third-order valence-electron chi connectivity index (χ3n) is 5.25.